The maximum absolute atomic E-state index is 12.2. The van der Waals surface area contributed by atoms with Crippen LogP contribution in [0.5, 0.6) is 5.75 Å². The van der Waals surface area contributed by atoms with Gasteiger partial charge in [-0.2, -0.15) is 0 Å². The van der Waals surface area contributed by atoms with Crippen LogP contribution in [0.4, 0.5) is 0 Å². The van der Waals surface area contributed by atoms with E-state index >= 15 is 0 Å². The van der Waals surface area contributed by atoms with Crippen LogP contribution in [-0.2, 0) is 25.5 Å². The van der Waals surface area contributed by atoms with E-state index in [1.807, 2.05) is 24.3 Å². The first-order valence-corrected chi connectivity index (χ1v) is 10.6. The third kappa shape index (κ3) is 10.9. The number of hydrogen-bond donors (Lipinski definition) is 1. The molecule has 1 atom stereocenters. The van der Waals surface area contributed by atoms with Gasteiger partial charge in [-0.05, 0) is 50.2 Å². The molecule has 1 rings (SSSR count). The van der Waals surface area contributed by atoms with Gasteiger partial charge < -0.3 is 19.3 Å². The van der Waals surface area contributed by atoms with Gasteiger partial charge in [0.05, 0.1) is 26.7 Å². The van der Waals surface area contributed by atoms with E-state index in [1.54, 1.807) is 0 Å². The Morgan fingerprint density at radius 1 is 0.931 bits per heavy atom. The number of methoxy groups -OCH3 is 2. The third-order valence-electron chi connectivity index (χ3n) is 4.94. The average molecular weight is 409 g/mol. The summed E-state index contributed by atoms with van der Waals surface area (Å²) in [7, 11) is 2.83. The standard InChI is InChI=1S/C23H36O6/c1-27-22(25)15-7-5-11-17-29-21-14-9-8-12-19(21)18-20(23(26)28-2)13-6-3-4-10-16-24/h8-9,12,14,20,24H,3-7,10-11,13,15-18H2,1-2H3. The van der Waals surface area contributed by atoms with E-state index in [0.29, 0.717) is 19.4 Å². The number of hydrogen-bond acceptors (Lipinski definition) is 6. The molecule has 1 aromatic rings. The van der Waals surface area contributed by atoms with E-state index in [0.717, 1.165) is 62.7 Å². The van der Waals surface area contributed by atoms with Crippen molar-refractivity contribution in [1.29, 1.82) is 0 Å². The quantitative estimate of drug-likeness (QED) is 0.328. The lowest BCUT2D eigenvalue weighted by atomic mass is 9.93. The van der Waals surface area contributed by atoms with Crippen LogP contribution in [-0.4, -0.2) is 44.5 Å². The first-order valence-electron chi connectivity index (χ1n) is 10.6. The zero-order chi connectivity index (χ0) is 21.3. The van der Waals surface area contributed by atoms with E-state index < -0.39 is 0 Å². The molecule has 1 N–H and O–H groups in total. The molecule has 6 heteroatoms. The van der Waals surface area contributed by atoms with Gasteiger partial charge in [-0.25, -0.2) is 0 Å². The van der Waals surface area contributed by atoms with Crippen molar-refractivity contribution in [3.05, 3.63) is 29.8 Å². The molecule has 0 spiro atoms. The van der Waals surface area contributed by atoms with E-state index in [2.05, 4.69) is 4.74 Å². The van der Waals surface area contributed by atoms with Gasteiger partial charge in [0, 0.05) is 13.0 Å². The number of para-hydroxylation sites is 1. The minimum atomic E-state index is -0.195. The van der Waals surface area contributed by atoms with Crippen molar-refractivity contribution >= 4 is 11.9 Å². The monoisotopic (exact) mass is 408 g/mol. The topological polar surface area (TPSA) is 82.1 Å². The molecule has 0 radical (unpaired) electrons. The predicted molar refractivity (Wildman–Crippen MR) is 112 cm³/mol. The normalized spacial score (nSPS) is 11.7. The van der Waals surface area contributed by atoms with Crippen LogP contribution in [0.25, 0.3) is 0 Å². The highest BCUT2D eigenvalue weighted by Crippen LogP contribution is 2.25. The highest BCUT2D eigenvalue weighted by atomic mass is 16.5. The molecule has 0 aliphatic carbocycles. The van der Waals surface area contributed by atoms with Gasteiger partial charge in [0.2, 0.25) is 0 Å². The summed E-state index contributed by atoms with van der Waals surface area (Å²) in [5.74, 6) is 0.236. The summed E-state index contributed by atoms with van der Waals surface area (Å²) in [5.41, 5.74) is 1.01. The predicted octanol–water partition coefficient (Wildman–Crippen LogP) is 4.07. The SMILES string of the molecule is COC(=O)CCCCCOc1ccccc1CC(CCCCCCO)C(=O)OC. The molecular weight excluding hydrogens is 372 g/mol. The fourth-order valence-corrected chi connectivity index (χ4v) is 3.24. The van der Waals surface area contributed by atoms with Crippen molar-refractivity contribution in [3.8, 4) is 5.75 Å². The lowest BCUT2D eigenvalue weighted by molar-refractivity contribution is -0.145. The fourth-order valence-electron chi connectivity index (χ4n) is 3.24. The molecule has 6 nitrogen and oxygen atoms in total. The van der Waals surface area contributed by atoms with Gasteiger partial charge in [0.1, 0.15) is 5.75 Å². The molecular formula is C23H36O6. The fraction of sp³-hybridized carbons (Fsp3) is 0.652. The molecule has 0 saturated carbocycles. The van der Waals surface area contributed by atoms with Crippen molar-refractivity contribution in [1.82, 2.24) is 0 Å². The average Bonchev–Trinajstić information content (AvgIpc) is 2.75. The number of benzene rings is 1. The summed E-state index contributed by atoms with van der Waals surface area (Å²) in [6.45, 7) is 0.788. The zero-order valence-corrected chi connectivity index (χ0v) is 17.9. The van der Waals surface area contributed by atoms with Gasteiger partial charge in [0.15, 0.2) is 0 Å². The number of carbonyl (C=O) groups is 2. The molecule has 0 aromatic heterocycles. The Morgan fingerprint density at radius 3 is 2.38 bits per heavy atom. The molecule has 0 fully saturated rings. The minimum Gasteiger partial charge on any atom is -0.493 e. The first-order chi connectivity index (χ1) is 14.1. The van der Waals surface area contributed by atoms with Gasteiger partial charge >= 0.3 is 11.9 Å². The Hall–Kier alpha value is -2.08. The van der Waals surface area contributed by atoms with Crippen LogP contribution >= 0.6 is 0 Å². The molecule has 0 bridgehead atoms. The highest BCUT2D eigenvalue weighted by molar-refractivity contribution is 5.72. The minimum absolute atomic E-state index is 0.179. The Morgan fingerprint density at radius 2 is 1.66 bits per heavy atom. The van der Waals surface area contributed by atoms with Crippen molar-refractivity contribution in [2.24, 2.45) is 5.92 Å². The second-order valence-electron chi connectivity index (χ2n) is 7.19. The summed E-state index contributed by atoms with van der Waals surface area (Å²) in [6, 6.07) is 7.81. The molecule has 0 amide bonds. The summed E-state index contributed by atoms with van der Waals surface area (Å²) in [4.78, 5) is 23.3. The summed E-state index contributed by atoms with van der Waals surface area (Å²) in [6.07, 6.45) is 8.04. The van der Waals surface area contributed by atoms with E-state index in [-0.39, 0.29) is 24.5 Å². The van der Waals surface area contributed by atoms with E-state index in [4.69, 9.17) is 14.6 Å². The lowest BCUT2D eigenvalue weighted by Gasteiger charge is -2.17. The Labute approximate surface area is 174 Å². The van der Waals surface area contributed by atoms with Crippen molar-refractivity contribution in [3.63, 3.8) is 0 Å². The number of unbranched alkanes of at least 4 members (excludes halogenated alkanes) is 5. The maximum atomic E-state index is 12.2. The smallest absolute Gasteiger partial charge is 0.308 e. The number of aliphatic hydroxyl groups excluding tert-OH is 1. The summed E-state index contributed by atoms with van der Waals surface area (Å²) in [5, 5.41) is 8.87. The number of ether oxygens (including phenoxy) is 3. The van der Waals surface area contributed by atoms with Crippen LogP contribution < -0.4 is 4.74 Å². The summed E-state index contributed by atoms with van der Waals surface area (Å²) >= 11 is 0. The zero-order valence-electron chi connectivity index (χ0n) is 17.9. The number of aliphatic hydroxyl groups is 1. The van der Waals surface area contributed by atoms with Gasteiger partial charge in [0.25, 0.3) is 0 Å². The molecule has 1 aromatic carbocycles. The number of rotatable bonds is 16. The van der Waals surface area contributed by atoms with Crippen LogP contribution in [0.15, 0.2) is 24.3 Å². The molecule has 0 heterocycles. The maximum Gasteiger partial charge on any atom is 0.308 e. The first kappa shape index (κ1) is 25.0. The number of esters is 2. The van der Waals surface area contributed by atoms with Crippen molar-refractivity contribution in [2.75, 3.05) is 27.4 Å². The van der Waals surface area contributed by atoms with Crippen molar-refractivity contribution < 1.29 is 28.9 Å². The largest absolute Gasteiger partial charge is 0.493 e. The third-order valence-corrected chi connectivity index (χ3v) is 4.94. The summed E-state index contributed by atoms with van der Waals surface area (Å²) < 4.78 is 15.6. The molecule has 29 heavy (non-hydrogen) atoms. The Bertz CT molecular complexity index is 586. The molecule has 0 aliphatic rings. The second kappa shape index (κ2) is 15.8. The van der Waals surface area contributed by atoms with Crippen LogP contribution in [0.3, 0.4) is 0 Å². The van der Waals surface area contributed by atoms with Crippen molar-refractivity contribution in [2.45, 2.75) is 64.2 Å². The van der Waals surface area contributed by atoms with Gasteiger partial charge in [-0.15, -0.1) is 0 Å². The van der Waals surface area contributed by atoms with Crippen LogP contribution in [0.2, 0.25) is 0 Å². The van der Waals surface area contributed by atoms with Gasteiger partial charge in [-0.1, -0.05) is 37.5 Å². The van der Waals surface area contributed by atoms with Crippen LogP contribution in [0.1, 0.15) is 63.4 Å². The van der Waals surface area contributed by atoms with Crippen LogP contribution in [0, 0.1) is 5.92 Å². The number of carbonyl (C=O) groups excluding carboxylic acids is 2. The lowest BCUT2D eigenvalue weighted by Crippen LogP contribution is -2.19. The van der Waals surface area contributed by atoms with Gasteiger partial charge in [-0.3, -0.25) is 9.59 Å². The second-order valence-corrected chi connectivity index (χ2v) is 7.19. The Balaban J connectivity index is 2.51. The molecule has 0 saturated heterocycles. The molecule has 164 valence electrons. The molecule has 1 unspecified atom stereocenters. The van der Waals surface area contributed by atoms with E-state index in [1.165, 1.54) is 14.2 Å². The van der Waals surface area contributed by atoms with E-state index in [9.17, 15) is 9.59 Å². The molecule has 0 aliphatic heterocycles. The highest BCUT2D eigenvalue weighted by Gasteiger charge is 2.21. The Kier molecular flexibility index (Phi) is 13.6.